The number of nitrogens with zero attached hydrogens (tertiary/aromatic N) is 2. The fourth-order valence-corrected chi connectivity index (χ4v) is 4.48. The first kappa shape index (κ1) is 21.7. The van der Waals surface area contributed by atoms with Gasteiger partial charge in [-0.15, -0.1) is 0 Å². The molecular formula is C23H28N2O2S2. The zero-order valence-electron chi connectivity index (χ0n) is 17.3. The van der Waals surface area contributed by atoms with E-state index in [0.717, 1.165) is 47.6 Å². The van der Waals surface area contributed by atoms with Gasteiger partial charge in [0.15, 0.2) is 4.80 Å². The minimum absolute atomic E-state index is 0.217. The molecule has 2 aromatic carbocycles. The van der Waals surface area contributed by atoms with Crippen LogP contribution in [0, 0.1) is 0 Å². The first-order valence-electron chi connectivity index (χ1n) is 10.1. The molecule has 1 heterocycles. The van der Waals surface area contributed by atoms with E-state index < -0.39 is 0 Å². The van der Waals surface area contributed by atoms with E-state index in [1.165, 1.54) is 10.3 Å². The van der Waals surface area contributed by atoms with Gasteiger partial charge in [0.05, 0.1) is 16.8 Å². The normalized spacial score (nSPS) is 11.9. The maximum atomic E-state index is 12.8. The molecule has 3 aromatic rings. The third-order valence-electron chi connectivity index (χ3n) is 4.74. The van der Waals surface area contributed by atoms with Gasteiger partial charge in [0.25, 0.3) is 5.91 Å². The number of hydrogen-bond acceptors (Lipinski definition) is 4. The van der Waals surface area contributed by atoms with Gasteiger partial charge in [0, 0.05) is 17.9 Å². The summed E-state index contributed by atoms with van der Waals surface area (Å²) in [4.78, 5) is 18.0. The maximum Gasteiger partial charge on any atom is 0.279 e. The number of benzene rings is 2. The number of ether oxygens (including phenoxy) is 1. The number of carbonyl (C=O) groups excluding carboxylic acids is 1. The molecule has 4 nitrogen and oxygen atoms in total. The summed E-state index contributed by atoms with van der Waals surface area (Å²) in [5.41, 5.74) is 3.02. The van der Waals surface area contributed by atoms with Gasteiger partial charge in [-0.1, -0.05) is 37.7 Å². The monoisotopic (exact) mass is 428 g/mol. The van der Waals surface area contributed by atoms with Crippen molar-refractivity contribution >= 4 is 39.2 Å². The van der Waals surface area contributed by atoms with Gasteiger partial charge in [-0.3, -0.25) is 4.79 Å². The SMILES string of the molecule is CCCCOc1ccc(C(=O)N=c2sc3cc(CC)ccc3n2CCSC)cc1. The summed E-state index contributed by atoms with van der Waals surface area (Å²) >= 11 is 3.38. The van der Waals surface area contributed by atoms with Crippen molar-refractivity contribution in [3.05, 3.63) is 58.4 Å². The number of unbranched alkanes of at least 4 members (excludes halogenated alkanes) is 1. The van der Waals surface area contributed by atoms with Gasteiger partial charge in [-0.25, -0.2) is 0 Å². The van der Waals surface area contributed by atoms with Crippen LogP contribution in [0.4, 0.5) is 0 Å². The maximum absolute atomic E-state index is 12.8. The lowest BCUT2D eigenvalue weighted by Crippen LogP contribution is -2.18. The van der Waals surface area contributed by atoms with E-state index in [1.54, 1.807) is 35.2 Å². The second-order valence-electron chi connectivity index (χ2n) is 6.83. The molecule has 1 aromatic heterocycles. The van der Waals surface area contributed by atoms with Crippen LogP contribution in [0.5, 0.6) is 5.75 Å². The highest BCUT2D eigenvalue weighted by Crippen LogP contribution is 2.20. The largest absolute Gasteiger partial charge is 0.494 e. The molecule has 0 atom stereocenters. The van der Waals surface area contributed by atoms with Crippen molar-refractivity contribution in [1.29, 1.82) is 0 Å². The Hall–Kier alpha value is -2.05. The standard InChI is InChI=1S/C23H28N2O2S2/c1-4-6-14-27-19-10-8-18(9-11-19)22(26)24-23-25(13-15-28-3)20-12-7-17(5-2)16-21(20)29-23/h7-12,16H,4-6,13-15H2,1-3H3. The summed E-state index contributed by atoms with van der Waals surface area (Å²) in [7, 11) is 0. The predicted molar refractivity (Wildman–Crippen MR) is 124 cm³/mol. The van der Waals surface area contributed by atoms with Crippen LogP contribution in [0.2, 0.25) is 0 Å². The predicted octanol–water partition coefficient (Wildman–Crippen LogP) is 5.55. The molecule has 29 heavy (non-hydrogen) atoms. The smallest absolute Gasteiger partial charge is 0.279 e. The van der Waals surface area contributed by atoms with Crippen LogP contribution in [-0.4, -0.2) is 29.1 Å². The van der Waals surface area contributed by atoms with E-state index in [9.17, 15) is 4.79 Å². The van der Waals surface area contributed by atoms with Crippen LogP contribution < -0.4 is 9.54 Å². The molecule has 0 unspecified atom stereocenters. The van der Waals surface area contributed by atoms with Crippen LogP contribution in [0.1, 0.15) is 42.6 Å². The number of amides is 1. The Balaban J connectivity index is 1.90. The van der Waals surface area contributed by atoms with Crippen molar-refractivity contribution in [2.75, 3.05) is 18.6 Å². The van der Waals surface area contributed by atoms with E-state index in [-0.39, 0.29) is 5.91 Å². The average molecular weight is 429 g/mol. The van der Waals surface area contributed by atoms with Gasteiger partial charge in [-0.05, 0) is 61.1 Å². The number of carbonyl (C=O) groups is 1. The molecule has 0 saturated carbocycles. The van der Waals surface area contributed by atoms with E-state index in [0.29, 0.717) is 12.2 Å². The molecule has 0 aliphatic heterocycles. The van der Waals surface area contributed by atoms with Crippen molar-refractivity contribution < 1.29 is 9.53 Å². The van der Waals surface area contributed by atoms with Crippen LogP contribution in [-0.2, 0) is 13.0 Å². The van der Waals surface area contributed by atoms with Crippen LogP contribution in [0.3, 0.4) is 0 Å². The van der Waals surface area contributed by atoms with Crippen LogP contribution >= 0.6 is 23.1 Å². The molecule has 0 aliphatic rings. The van der Waals surface area contributed by atoms with Crippen molar-refractivity contribution in [3.63, 3.8) is 0 Å². The highest BCUT2D eigenvalue weighted by molar-refractivity contribution is 7.98. The Kier molecular flexibility index (Phi) is 7.95. The molecular weight excluding hydrogens is 400 g/mol. The van der Waals surface area contributed by atoms with Gasteiger partial charge < -0.3 is 9.30 Å². The number of aryl methyl sites for hydroxylation is 2. The zero-order valence-corrected chi connectivity index (χ0v) is 18.9. The average Bonchev–Trinajstić information content (AvgIpc) is 3.08. The summed E-state index contributed by atoms with van der Waals surface area (Å²) in [6.45, 7) is 5.82. The fourth-order valence-electron chi connectivity index (χ4n) is 3.00. The molecule has 1 amide bonds. The Morgan fingerprint density at radius 1 is 1.17 bits per heavy atom. The summed E-state index contributed by atoms with van der Waals surface area (Å²) in [5, 5.41) is 0. The third-order valence-corrected chi connectivity index (χ3v) is 6.37. The summed E-state index contributed by atoms with van der Waals surface area (Å²) < 4.78 is 9.02. The molecule has 3 rings (SSSR count). The van der Waals surface area contributed by atoms with Crippen molar-refractivity contribution in [1.82, 2.24) is 4.57 Å². The molecule has 0 radical (unpaired) electrons. The lowest BCUT2D eigenvalue weighted by molar-refractivity contribution is 0.0998. The molecule has 0 N–H and O–H groups in total. The number of hydrogen-bond donors (Lipinski definition) is 0. The number of thiazole rings is 1. The summed E-state index contributed by atoms with van der Waals surface area (Å²) in [5.74, 6) is 1.55. The Morgan fingerprint density at radius 3 is 2.66 bits per heavy atom. The van der Waals surface area contributed by atoms with E-state index in [2.05, 4.69) is 47.9 Å². The van der Waals surface area contributed by atoms with E-state index in [4.69, 9.17) is 4.74 Å². The van der Waals surface area contributed by atoms with Crippen LogP contribution in [0.25, 0.3) is 10.2 Å². The minimum Gasteiger partial charge on any atom is -0.494 e. The van der Waals surface area contributed by atoms with E-state index in [1.807, 2.05) is 12.1 Å². The highest BCUT2D eigenvalue weighted by atomic mass is 32.2. The molecule has 0 spiro atoms. The van der Waals surface area contributed by atoms with Gasteiger partial charge in [0.2, 0.25) is 0 Å². The third kappa shape index (κ3) is 5.52. The molecule has 154 valence electrons. The molecule has 0 aliphatic carbocycles. The lowest BCUT2D eigenvalue weighted by Gasteiger charge is -2.05. The first-order valence-corrected chi connectivity index (χ1v) is 12.3. The van der Waals surface area contributed by atoms with Gasteiger partial charge >= 0.3 is 0 Å². The molecule has 0 fully saturated rings. The number of fused-ring (bicyclic) bond motifs is 1. The van der Waals surface area contributed by atoms with Crippen molar-refractivity contribution in [2.45, 2.75) is 39.7 Å². The fraction of sp³-hybridized carbons (Fsp3) is 0.391. The molecule has 0 saturated heterocycles. The molecule has 6 heteroatoms. The zero-order chi connectivity index (χ0) is 20.6. The Bertz CT molecular complexity index is 1020. The number of thioether (sulfide) groups is 1. The number of aromatic nitrogens is 1. The second kappa shape index (κ2) is 10.6. The second-order valence-corrected chi connectivity index (χ2v) is 8.82. The van der Waals surface area contributed by atoms with E-state index >= 15 is 0 Å². The van der Waals surface area contributed by atoms with Crippen molar-refractivity contribution in [2.24, 2.45) is 4.99 Å². The van der Waals surface area contributed by atoms with Crippen molar-refractivity contribution in [3.8, 4) is 5.75 Å². The summed E-state index contributed by atoms with van der Waals surface area (Å²) in [6, 6.07) is 13.8. The highest BCUT2D eigenvalue weighted by Gasteiger charge is 2.10. The number of rotatable bonds is 9. The Labute approximate surface area is 180 Å². The van der Waals surface area contributed by atoms with Gasteiger partial charge in [-0.2, -0.15) is 16.8 Å². The van der Waals surface area contributed by atoms with Crippen LogP contribution in [0.15, 0.2) is 47.5 Å². The summed E-state index contributed by atoms with van der Waals surface area (Å²) in [6.07, 6.45) is 5.21. The topological polar surface area (TPSA) is 43.6 Å². The lowest BCUT2D eigenvalue weighted by atomic mass is 10.2. The first-order chi connectivity index (χ1) is 14.2. The van der Waals surface area contributed by atoms with Gasteiger partial charge in [0.1, 0.15) is 5.75 Å². The quantitative estimate of drug-likeness (QED) is 0.420. The Morgan fingerprint density at radius 2 is 1.97 bits per heavy atom. The minimum atomic E-state index is -0.217. The molecule has 0 bridgehead atoms.